The van der Waals surface area contributed by atoms with Crippen molar-refractivity contribution in [3.63, 3.8) is 0 Å². The fourth-order valence-corrected chi connectivity index (χ4v) is 2.49. The fraction of sp³-hybridized carbons (Fsp3) is 0.500. The molecule has 4 heteroatoms. The van der Waals surface area contributed by atoms with Crippen LogP contribution >= 0.6 is 11.6 Å². The summed E-state index contributed by atoms with van der Waals surface area (Å²) in [5.41, 5.74) is -0.334. The number of ether oxygens (including phenoxy) is 1. The summed E-state index contributed by atoms with van der Waals surface area (Å²) < 4.78 is 5.59. The summed E-state index contributed by atoms with van der Waals surface area (Å²) in [7, 11) is 0. The predicted octanol–water partition coefficient (Wildman–Crippen LogP) is 3.23. The summed E-state index contributed by atoms with van der Waals surface area (Å²) in [4.78, 5) is 10.9. The molecule has 1 N–H and O–H groups in total. The zero-order valence-electron chi connectivity index (χ0n) is 10.2. The molecule has 0 aromatic heterocycles. The third kappa shape index (κ3) is 3.24. The molecular formula is C14H17ClO3. The highest BCUT2D eigenvalue weighted by atomic mass is 35.5. The molecular weight excluding hydrogens is 252 g/mol. The molecule has 0 unspecified atom stereocenters. The predicted molar refractivity (Wildman–Crippen MR) is 70.4 cm³/mol. The first-order valence-corrected chi connectivity index (χ1v) is 6.61. The lowest BCUT2D eigenvalue weighted by Gasteiger charge is -2.31. The van der Waals surface area contributed by atoms with Crippen LogP contribution in [0.15, 0.2) is 18.2 Å². The van der Waals surface area contributed by atoms with E-state index in [1.165, 1.54) is 6.42 Å². The average molecular weight is 269 g/mol. The Morgan fingerprint density at radius 1 is 1.33 bits per heavy atom. The van der Waals surface area contributed by atoms with Crippen molar-refractivity contribution >= 4 is 17.9 Å². The maximum Gasteiger partial charge on any atom is 0.153 e. The Morgan fingerprint density at radius 3 is 2.72 bits per heavy atom. The van der Waals surface area contributed by atoms with Crippen LogP contribution in [0.1, 0.15) is 42.5 Å². The van der Waals surface area contributed by atoms with Gasteiger partial charge >= 0.3 is 0 Å². The van der Waals surface area contributed by atoms with Crippen LogP contribution in [0.2, 0.25) is 5.02 Å². The van der Waals surface area contributed by atoms with Crippen molar-refractivity contribution < 1.29 is 14.6 Å². The zero-order valence-corrected chi connectivity index (χ0v) is 10.9. The second-order valence-electron chi connectivity index (χ2n) is 4.87. The first-order valence-electron chi connectivity index (χ1n) is 6.23. The Balaban J connectivity index is 2.03. The molecule has 98 valence electrons. The summed E-state index contributed by atoms with van der Waals surface area (Å²) in [5, 5.41) is 10.8. The van der Waals surface area contributed by atoms with Crippen LogP contribution < -0.4 is 4.74 Å². The summed E-state index contributed by atoms with van der Waals surface area (Å²) >= 11 is 5.81. The quantitative estimate of drug-likeness (QED) is 0.853. The topological polar surface area (TPSA) is 46.5 Å². The van der Waals surface area contributed by atoms with E-state index >= 15 is 0 Å². The minimum Gasteiger partial charge on any atom is -0.490 e. The maximum absolute atomic E-state index is 10.9. The van der Waals surface area contributed by atoms with E-state index in [1.54, 1.807) is 18.2 Å². The van der Waals surface area contributed by atoms with Crippen molar-refractivity contribution in [3.8, 4) is 5.75 Å². The van der Waals surface area contributed by atoms with Gasteiger partial charge < -0.3 is 9.84 Å². The molecule has 3 nitrogen and oxygen atoms in total. The van der Waals surface area contributed by atoms with Gasteiger partial charge in [-0.05, 0) is 31.0 Å². The van der Waals surface area contributed by atoms with Crippen molar-refractivity contribution in [1.29, 1.82) is 0 Å². The van der Waals surface area contributed by atoms with Gasteiger partial charge in [0.2, 0.25) is 0 Å². The van der Waals surface area contributed by atoms with Crippen LogP contribution in [0, 0.1) is 0 Å². The van der Waals surface area contributed by atoms with E-state index in [0.717, 1.165) is 25.7 Å². The lowest BCUT2D eigenvalue weighted by atomic mass is 9.85. The van der Waals surface area contributed by atoms with Crippen molar-refractivity contribution in [3.05, 3.63) is 28.8 Å². The number of carbonyl (C=O) groups is 1. The van der Waals surface area contributed by atoms with Crippen LogP contribution in [-0.2, 0) is 0 Å². The van der Waals surface area contributed by atoms with Crippen LogP contribution in [0.25, 0.3) is 0 Å². The third-order valence-corrected chi connectivity index (χ3v) is 3.61. The monoisotopic (exact) mass is 268 g/mol. The standard InChI is InChI=1S/C14H17ClO3/c15-12-4-5-13(11(8-12)9-16)18-10-14(17)6-2-1-3-7-14/h4-5,8-9,17H,1-3,6-7,10H2. The molecule has 0 aliphatic heterocycles. The lowest BCUT2D eigenvalue weighted by molar-refractivity contribution is -0.0340. The van der Waals surface area contributed by atoms with E-state index < -0.39 is 5.60 Å². The van der Waals surface area contributed by atoms with Gasteiger partial charge in [0.05, 0.1) is 11.2 Å². The molecule has 0 bridgehead atoms. The fourth-order valence-electron chi connectivity index (χ4n) is 2.31. The summed E-state index contributed by atoms with van der Waals surface area (Å²) in [6.45, 7) is 0.232. The van der Waals surface area contributed by atoms with Crippen molar-refractivity contribution in [2.45, 2.75) is 37.7 Å². The first-order chi connectivity index (χ1) is 8.63. The molecule has 1 aromatic carbocycles. The van der Waals surface area contributed by atoms with Gasteiger partial charge in [0.1, 0.15) is 12.4 Å². The molecule has 0 radical (unpaired) electrons. The molecule has 1 aliphatic rings. The van der Waals surface area contributed by atoms with E-state index in [4.69, 9.17) is 16.3 Å². The molecule has 1 fully saturated rings. The lowest BCUT2D eigenvalue weighted by Crippen LogP contribution is -2.38. The smallest absolute Gasteiger partial charge is 0.153 e. The number of aliphatic hydroxyl groups is 1. The number of aldehydes is 1. The van der Waals surface area contributed by atoms with Crippen LogP contribution in [0.4, 0.5) is 0 Å². The molecule has 1 aliphatic carbocycles. The maximum atomic E-state index is 10.9. The normalized spacial score (nSPS) is 18.3. The first kappa shape index (κ1) is 13.4. The van der Waals surface area contributed by atoms with Gasteiger partial charge in [-0.2, -0.15) is 0 Å². The van der Waals surface area contributed by atoms with Crippen LogP contribution in [0.3, 0.4) is 0 Å². The largest absolute Gasteiger partial charge is 0.490 e. The van der Waals surface area contributed by atoms with Gasteiger partial charge in [0.25, 0.3) is 0 Å². The molecule has 0 atom stereocenters. The Kier molecular flexibility index (Phi) is 4.25. The minimum atomic E-state index is -0.752. The number of carbonyl (C=O) groups excluding carboxylic acids is 1. The Bertz CT molecular complexity index is 425. The minimum absolute atomic E-state index is 0.232. The van der Waals surface area contributed by atoms with Crippen LogP contribution in [-0.4, -0.2) is 23.6 Å². The van der Waals surface area contributed by atoms with E-state index in [0.29, 0.717) is 22.6 Å². The Labute approximate surface area is 112 Å². The molecule has 0 amide bonds. The number of hydrogen-bond donors (Lipinski definition) is 1. The molecule has 1 saturated carbocycles. The highest BCUT2D eigenvalue weighted by Crippen LogP contribution is 2.29. The number of halogens is 1. The van der Waals surface area contributed by atoms with Gasteiger partial charge in [-0.15, -0.1) is 0 Å². The Morgan fingerprint density at radius 2 is 2.06 bits per heavy atom. The third-order valence-electron chi connectivity index (χ3n) is 3.38. The van der Waals surface area contributed by atoms with Gasteiger partial charge in [0.15, 0.2) is 6.29 Å². The van der Waals surface area contributed by atoms with Gasteiger partial charge in [-0.3, -0.25) is 4.79 Å². The van der Waals surface area contributed by atoms with Crippen molar-refractivity contribution in [2.24, 2.45) is 0 Å². The van der Waals surface area contributed by atoms with Gasteiger partial charge in [0, 0.05) is 5.02 Å². The summed E-state index contributed by atoms with van der Waals surface area (Å²) in [5.74, 6) is 0.480. The van der Waals surface area contributed by atoms with Crippen LogP contribution in [0.5, 0.6) is 5.75 Å². The van der Waals surface area contributed by atoms with E-state index in [9.17, 15) is 9.90 Å². The number of hydrogen-bond acceptors (Lipinski definition) is 3. The van der Waals surface area contributed by atoms with Gasteiger partial charge in [-0.25, -0.2) is 0 Å². The van der Waals surface area contributed by atoms with E-state index in [-0.39, 0.29) is 6.61 Å². The summed E-state index contributed by atoms with van der Waals surface area (Å²) in [6, 6.07) is 4.90. The molecule has 2 rings (SSSR count). The average Bonchev–Trinajstić information content (AvgIpc) is 2.38. The van der Waals surface area contributed by atoms with Crippen molar-refractivity contribution in [2.75, 3.05) is 6.61 Å². The zero-order chi connectivity index (χ0) is 13.0. The highest BCUT2D eigenvalue weighted by Gasteiger charge is 2.30. The molecule has 0 saturated heterocycles. The number of rotatable bonds is 4. The molecule has 1 aromatic rings. The SMILES string of the molecule is O=Cc1cc(Cl)ccc1OCC1(O)CCCCC1. The second-order valence-corrected chi connectivity index (χ2v) is 5.31. The Hall–Kier alpha value is -1.06. The molecule has 0 spiro atoms. The molecule has 0 heterocycles. The summed E-state index contributed by atoms with van der Waals surface area (Å²) in [6.07, 6.45) is 5.46. The van der Waals surface area contributed by atoms with E-state index in [2.05, 4.69) is 0 Å². The van der Waals surface area contributed by atoms with Gasteiger partial charge in [-0.1, -0.05) is 30.9 Å². The molecule has 18 heavy (non-hydrogen) atoms. The highest BCUT2D eigenvalue weighted by molar-refractivity contribution is 6.30. The van der Waals surface area contributed by atoms with Crippen molar-refractivity contribution in [1.82, 2.24) is 0 Å². The van der Waals surface area contributed by atoms with E-state index in [1.807, 2.05) is 0 Å². The number of benzene rings is 1. The second kappa shape index (κ2) is 5.72.